The van der Waals surface area contributed by atoms with Crippen LogP contribution in [0, 0.1) is 13.8 Å². The molecule has 0 radical (unpaired) electrons. The number of hydrogen-bond donors (Lipinski definition) is 1. The summed E-state index contributed by atoms with van der Waals surface area (Å²) in [5.74, 6) is -0.355. The first-order chi connectivity index (χ1) is 14.0. The maximum atomic E-state index is 12.2. The molecule has 0 atom stereocenters. The first-order valence-electron chi connectivity index (χ1n) is 8.98. The Morgan fingerprint density at radius 3 is 2.66 bits per heavy atom. The van der Waals surface area contributed by atoms with E-state index in [9.17, 15) is 9.59 Å². The number of benzene rings is 2. The lowest BCUT2D eigenvalue weighted by Gasteiger charge is -2.09. The van der Waals surface area contributed by atoms with E-state index >= 15 is 0 Å². The number of rotatable bonds is 6. The molecule has 29 heavy (non-hydrogen) atoms. The van der Waals surface area contributed by atoms with Gasteiger partial charge >= 0.3 is 5.97 Å². The number of carbonyl (C=O) groups is 2. The standard InChI is InChI=1S/C22H21N3O3S/c1-14-5-4-6-18-19(11-15(2)24-21(14)18)29-13-20(26)25-23-12-16-7-9-17(10-8-16)22(27)28-3/h4-12H,13H2,1-3H3,(H,25,26). The molecule has 1 aromatic heterocycles. The summed E-state index contributed by atoms with van der Waals surface area (Å²) in [5, 5.41) is 5.02. The number of hydrogen-bond acceptors (Lipinski definition) is 6. The van der Waals surface area contributed by atoms with E-state index in [0.717, 1.165) is 32.6 Å². The minimum Gasteiger partial charge on any atom is -0.465 e. The molecule has 0 bridgehead atoms. The monoisotopic (exact) mass is 407 g/mol. The van der Waals surface area contributed by atoms with Gasteiger partial charge in [0.1, 0.15) is 0 Å². The molecule has 0 unspecified atom stereocenters. The Hall–Kier alpha value is -3.19. The molecular weight excluding hydrogens is 386 g/mol. The maximum absolute atomic E-state index is 12.2. The number of carbonyl (C=O) groups excluding carboxylic acids is 2. The summed E-state index contributed by atoms with van der Waals surface area (Å²) in [5.41, 5.74) is 6.74. The van der Waals surface area contributed by atoms with E-state index in [1.165, 1.54) is 25.1 Å². The average Bonchev–Trinajstić information content (AvgIpc) is 2.72. The molecular formula is C22H21N3O3S. The number of esters is 1. The van der Waals surface area contributed by atoms with Gasteiger partial charge in [0.25, 0.3) is 0 Å². The predicted octanol–water partition coefficient (Wildman–Crippen LogP) is 3.88. The minimum absolute atomic E-state index is 0.201. The Bertz CT molecular complexity index is 1080. The van der Waals surface area contributed by atoms with Gasteiger partial charge in [-0.1, -0.05) is 30.3 Å². The van der Waals surface area contributed by atoms with Crippen LogP contribution in [0.2, 0.25) is 0 Å². The summed E-state index contributed by atoms with van der Waals surface area (Å²) in [7, 11) is 1.34. The molecule has 7 heteroatoms. The molecule has 1 heterocycles. The Morgan fingerprint density at radius 1 is 1.17 bits per heavy atom. The van der Waals surface area contributed by atoms with E-state index in [1.807, 2.05) is 38.1 Å². The van der Waals surface area contributed by atoms with Crippen LogP contribution in [-0.4, -0.2) is 35.9 Å². The number of pyridine rings is 1. The van der Waals surface area contributed by atoms with Crippen LogP contribution < -0.4 is 5.43 Å². The minimum atomic E-state index is -0.395. The van der Waals surface area contributed by atoms with E-state index in [1.54, 1.807) is 24.3 Å². The fourth-order valence-corrected chi connectivity index (χ4v) is 3.70. The number of aryl methyl sites for hydroxylation is 2. The molecule has 3 aromatic rings. The zero-order valence-electron chi connectivity index (χ0n) is 16.4. The largest absolute Gasteiger partial charge is 0.465 e. The van der Waals surface area contributed by atoms with Gasteiger partial charge in [-0.25, -0.2) is 10.2 Å². The quantitative estimate of drug-likeness (QED) is 0.290. The van der Waals surface area contributed by atoms with Crippen molar-refractivity contribution >= 4 is 40.8 Å². The summed E-state index contributed by atoms with van der Waals surface area (Å²) < 4.78 is 4.66. The highest BCUT2D eigenvalue weighted by atomic mass is 32.2. The summed E-state index contributed by atoms with van der Waals surface area (Å²) in [6.45, 7) is 3.98. The highest BCUT2D eigenvalue weighted by Crippen LogP contribution is 2.29. The normalized spacial score (nSPS) is 11.0. The summed E-state index contributed by atoms with van der Waals surface area (Å²) in [4.78, 5) is 29.2. The topological polar surface area (TPSA) is 80.6 Å². The third kappa shape index (κ3) is 5.20. The molecule has 0 aliphatic carbocycles. The molecule has 6 nitrogen and oxygen atoms in total. The van der Waals surface area contributed by atoms with Gasteiger partial charge < -0.3 is 4.74 Å². The van der Waals surface area contributed by atoms with Crippen molar-refractivity contribution in [2.75, 3.05) is 12.9 Å². The number of thioether (sulfide) groups is 1. The molecule has 1 N–H and O–H groups in total. The third-order valence-corrected chi connectivity index (χ3v) is 5.28. The fraction of sp³-hybridized carbons (Fsp3) is 0.182. The van der Waals surface area contributed by atoms with Crippen molar-refractivity contribution in [3.05, 3.63) is 70.9 Å². The van der Waals surface area contributed by atoms with Crippen LogP contribution in [0.4, 0.5) is 0 Å². The lowest BCUT2D eigenvalue weighted by atomic mass is 10.1. The molecule has 0 aliphatic rings. The van der Waals surface area contributed by atoms with Gasteiger partial charge in [0.05, 0.1) is 30.2 Å². The number of nitrogens with one attached hydrogen (secondary N) is 1. The van der Waals surface area contributed by atoms with E-state index in [2.05, 4.69) is 20.2 Å². The Balaban J connectivity index is 1.59. The number of ether oxygens (including phenoxy) is 1. The van der Waals surface area contributed by atoms with Gasteiger partial charge in [0, 0.05) is 16.0 Å². The van der Waals surface area contributed by atoms with Gasteiger partial charge in [-0.05, 0) is 43.2 Å². The van der Waals surface area contributed by atoms with Crippen LogP contribution in [0.1, 0.15) is 27.2 Å². The highest BCUT2D eigenvalue weighted by Gasteiger charge is 2.09. The predicted molar refractivity (Wildman–Crippen MR) is 115 cm³/mol. The van der Waals surface area contributed by atoms with Crippen molar-refractivity contribution in [1.29, 1.82) is 0 Å². The summed E-state index contributed by atoms with van der Waals surface area (Å²) in [6.07, 6.45) is 1.53. The molecule has 0 aliphatic heterocycles. The lowest BCUT2D eigenvalue weighted by molar-refractivity contribution is -0.118. The van der Waals surface area contributed by atoms with E-state index in [-0.39, 0.29) is 11.7 Å². The van der Waals surface area contributed by atoms with Crippen LogP contribution in [-0.2, 0) is 9.53 Å². The maximum Gasteiger partial charge on any atom is 0.337 e. The van der Waals surface area contributed by atoms with Crippen molar-refractivity contribution in [2.45, 2.75) is 18.7 Å². The molecule has 0 spiro atoms. The number of nitrogens with zero attached hydrogens (tertiary/aromatic N) is 2. The van der Waals surface area contributed by atoms with Crippen molar-refractivity contribution in [1.82, 2.24) is 10.4 Å². The van der Waals surface area contributed by atoms with Gasteiger partial charge in [-0.2, -0.15) is 5.10 Å². The van der Waals surface area contributed by atoms with Crippen molar-refractivity contribution < 1.29 is 14.3 Å². The second-order valence-corrected chi connectivity index (χ2v) is 7.45. The zero-order chi connectivity index (χ0) is 20.8. The Kier molecular flexibility index (Phi) is 6.61. The molecule has 0 saturated carbocycles. The van der Waals surface area contributed by atoms with Crippen LogP contribution in [0.5, 0.6) is 0 Å². The van der Waals surface area contributed by atoms with Gasteiger partial charge in [0.15, 0.2) is 0 Å². The Morgan fingerprint density at radius 2 is 1.93 bits per heavy atom. The SMILES string of the molecule is COC(=O)c1ccc(C=NNC(=O)CSc2cc(C)nc3c(C)cccc23)cc1. The van der Waals surface area contributed by atoms with E-state index in [4.69, 9.17) is 0 Å². The number of methoxy groups -OCH3 is 1. The first kappa shape index (κ1) is 20.5. The third-order valence-electron chi connectivity index (χ3n) is 4.22. The van der Waals surface area contributed by atoms with Crippen LogP contribution in [0.3, 0.4) is 0 Å². The second kappa shape index (κ2) is 9.34. The van der Waals surface area contributed by atoms with Crippen LogP contribution >= 0.6 is 11.8 Å². The number of amides is 1. The van der Waals surface area contributed by atoms with Gasteiger partial charge in [-0.3, -0.25) is 9.78 Å². The smallest absolute Gasteiger partial charge is 0.337 e. The summed E-state index contributed by atoms with van der Waals surface area (Å²) >= 11 is 1.46. The zero-order valence-corrected chi connectivity index (χ0v) is 17.2. The van der Waals surface area contributed by atoms with E-state index in [0.29, 0.717) is 5.56 Å². The number of fused-ring (bicyclic) bond motifs is 1. The average molecular weight is 407 g/mol. The molecule has 148 valence electrons. The molecule has 3 rings (SSSR count). The van der Waals surface area contributed by atoms with Crippen LogP contribution in [0.25, 0.3) is 10.9 Å². The first-order valence-corrected chi connectivity index (χ1v) is 9.96. The fourth-order valence-electron chi connectivity index (χ4n) is 2.78. The van der Waals surface area contributed by atoms with E-state index < -0.39 is 5.97 Å². The van der Waals surface area contributed by atoms with Crippen molar-refractivity contribution in [3.63, 3.8) is 0 Å². The molecule has 0 saturated heterocycles. The highest BCUT2D eigenvalue weighted by molar-refractivity contribution is 8.00. The number of para-hydroxylation sites is 1. The van der Waals surface area contributed by atoms with Gasteiger partial charge in [-0.15, -0.1) is 11.8 Å². The van der Waals surface area contributed by atoms with Crippen molar-refractivity contribution in [2.24, 2.45) is 5.10 Å². The van der Waals surface area contributed by atoms with Gasteiger partial charge in [0.2, 0.25) is 5.91 Å². The van der Waals surface area contributed by atoms with Crippen LogP contribution in [0.15, 0.2) is 58.5 Å². The molecule has 1 amide bonds. The number of aromatic nitrogens is 1. The molecule has 2 aromatic carbocycles. The lowest BCUT2D eigenvalue weighted by Crippen LogP contribution is -2.19. The Labute approximate surface area is 173 Å². The molecule has 0 fully saturated rings. The summed E-state index contributed by atoms with van der Waals surface area (Å²) in [6, 6.07) is 14.8. The second-order valence-electron chi connectivity index (χ2n) is 6.43. The number of hydrazone groups is 1. The van der Waals surface area contributed by atoms with Crippen molar-refractivity contribution in [3.8, 4) is 0 Å².